The maximum Gasteiger partial charge on any atom is 0.300 e. The first kappa shape index (κ1) is 25.4. The second-order valence-corrected chi connectivity index (χ2v) is 9.12. The molecule has 0 radical (unpaired) electrons. The van der Waals surface area contributed by atoms with Crippen molar-refractivity contribution < 1.29 is 29.3 Å². The van der Waals surface area contributed by atoms with Gasteiger partial charge in [-0.05, 0) is 54.8 Å². The molecule has 1 aliphatic heterocycles. The standard InChI is InChI=1S/C27H23Cl2NO6/c1-13-5-6-14(2)19(11-13)30-22(15-7-9-16(31)10-8-15)20(24(33)27(30)34)23(32)17-12-18(28)26(36-4)21(29)25(17)35-3/h5-12,22,31-32H,1-4H3/b23-20+. The number of phenolic OH excluding ortho intramolecular Hbond substituents is 1. The van der Waals surface area contributed by atoms with Gasteiger partial charge in [-0.25, -0.2) is 0 Å². The Morgan fingerprint density at radius 3 is 2.19 bits per heavy atom. The van der Waals surface area contributed by atoms with Crippen molar-refractivity contribution in [2.75, 3.05) is 19.1 Å². The lowest BCUT2D eigenvalue weighted by Gasteiger charge is -2.27. The smallest absolute Gasteiger partial charge is 0.300 e. The number of Topliss-reactive ketones (excluding diaryl/α,β-unsaturated/α-hetero) is 1. The summed E-state index contributed by atoms with van der Waals surface area (Å²) in [6.45, 7) is 3.70. The lowest BCUT2D eigenvalue weighted by molar-refractivity contribution is -0.132. The number of anilines is 1. The number of halogens is 2. The summed E-state index contributed by atoms with van der Waals surface area (Å²) >= 11 is 12.7. The molecule has 1 aliphatic rings. The quantitative estimate of drug-likeness (QED) is 0.241. The number of ketones is 1. The molecule has 0 spiro atoms. The van der Waals surface area contributed by atoms with Crippen LogP contribution in [0, 0.1) is 13.8 Å². The van der Waals surface area contributed by atoms with Crippen molar-refractivity contribution in [3.8, 4) is 17.2 Å². The minimum atomic E-state index is -1.00. The van der Waals surface area contributed by atoms with E-state index in [1.807, 2.05) is 26.0 Å². The highest BCUT2D eigenvalue weighted by Gasteiger charge is 2.47. The van der Waals surface area contributed by atoms with Crippen molar-refractivity contribution in [1.82, 2.24) is 0 Å². The molecule has 0 saturated carbocycles. The minimum absolute atomic E-state index is 0.000935. The van der Waals surface area contributed by atoms with Crippen LogP contribution in [0.15, 0.2) is 54.1 Å². The number of aliphatic hydroxyl groups is 1. The maximum atomic E-state index is 13.5. The lowest BCUT2D eigenvalue weighted by Crippen LogP contribution is -2.30. The van der Waals surface area contributed by atoms with Gasteiger partial charge in [0.15, 0.2) is 11.5 Å². The Labute approximate surface area is 218 Å². The van der Waals surface area contributed by atoms with Crippen molar-refractivity contribution in [3.63, 3.8) is 0 Å². The van der Waals surface area contributed by atoms with E-state index in [4.69, 9.17) is 32.7 Å². The number of phenols is 1. The number of carbonyl (C=O) groups excluding carboxylic acids is 2. The number of ether oxygens (including phenoxy) is 2. The fraction of sp³-hybridized carbons (Fsp3) is 0.185. The summed E-state index contributed by atoms with van der Waals surface area (Å²) in [6, 6.07) is 12.0. The van der Waals surface area contributed by atoms with E-state index in [1.165, 1.54) is 37.3 Å². The molecule has 1 unspecified atom stereocenters. The van der Waals surface area contributed by atoms with E-state index in [9.17, 15) is 19.8 Å². The van der Waals surface area contributed by atoms with Crippen LogP contribution in [0.2, 0.25) is 10.0 Å². The van der Waals surface area contributed by atoms with Gasteiger partial charge < -0.3 is 19.7 Å². The molecule has 1 amide bonds. The van der Waals surface area contributed by atoms with Crippen LogP contribution in [0.25, 0.3) is 5.76 Å². The molecule has 7 nitrogen and oxygen atoms in total. The Balaban J connectivity index is 2.04. The number of aryl methyl sites for hydroxylation is 2. The summed E-state index contributed by atoms with van der Waals surface area (Å²) in [7, 11) is 2.73. The van der Waals surface area contributed by atoms with E-state index in [1.54, 1.807) is 18.2 Å². The molecular formula is C27H23Cl2NO6. The topological polar surface area (TPSA) is 96.3 Å². The zero-order valence-electron chi connectivity index (χ0n) is 19.9. The third kappa shape index (κ3) is 4.14. The molecule has 1 saturated heterocycles. The van der Waals surface area contributed by atoms with Gasteiger partial charge in [0, 0.05) is 5.69 Å². The normalized spacial score (nSPS) is 16.9. The third-order valence-corrected chi connectivity index (χ3v) is 6.70. The molecule has 3 aromatic carbocycles. The largest absolute Gasteiger partial charge is 0.508 e. The maximum absolute atomic E-state index is 13.5. The van der Waals surface area contributed by atoms with Crippen LogP contribution in [-0.2, 0) is 9.59 Å². The van der Waals surface area contributed by atoms with Gasteiger partial charge in [0.25, 0.3) is 11.7 Å². The third-order valence-electron chi connectivity index (χ3n) is 6.07. The number of rotatable bonds is 5. The Kier molecular flexibility index (Phi) is 6.89. The van der Waals surface area contributed by atoms with Crippen LogP contribution in [0.5, 0.6) is 17.2 Å². The van der Waals surface area contributed by atoms with Gasteiger partial charge in [-0.1, -0.05) is 47.5 Å². The van der Waals surface area contributed by atoms with E-state index < -0.39 is 23.5 Å². The monoisotopic (exact) mass is 527 g/mol. The molecule has 0 aromatic heterocycles. The van der Waals surface area contributed by atoms with E-state index in [0.717, 1.165) is 11.1 Å². The van der Waals surface area contributed by atoms with Crippen molar-refractivity contribution in [2.24, 2.45) is 0 Å². The van der Waals surface area contributed by atoms with E-state index in [0.29, 0.717) is 11.3 Å². The first-order valence-electron chi connectivity index (χ1n) is 10.9. The number of nitrogens with zero attached hydrogens (tertiary/aromatic N) is 1. The number of aliphatic hydroxyl groups excluding tert-OH is 1. The zero-order valence-corrected chi connectivity index (χ0v) is 21.4. The lowest BCUT2D eigenvalue weighted by atomic mass is 9.94. The molecule has 1 fully saturated rings. The van der Waals surface area contributed by atoms with Gasteiger partial charge in [0.1, 0.15) is 16.5 Å². The van der Waals surface area contributed by atoms with Crippen LogP contribution >= 0.6 is 23.2 Å². The Bertz CT molecular complexity index is 1410. The average molecular weight is 528 g/mol. The van der Waals surface area contributed by atoms with E-state index in [-0.39, 0.29) is 38.4 Å². The van der Waals surface area contributed by atoms with E-state index >= 15 is 0 Å². The molecule has 0 aliphatic carbocycles. The highest BCUT2D eigenvalue weighted by Crippen LogP contribution is 2.48. The number of amides is 1. The molecule has 1 atom stereocenters. The molecule has 36 heavy (non-hydrogen) atoms. The summed E-state index contributed by atoms with van der Waals surface area (Å²) in [6.07, 6.45) is 0. The Morgan fingerprint density at radius 2 is 1.58 bits per heavy atom. The average Bonchev–Trinajstić information content (AvgIpc) is 3.11. The Morgan fingerprint density at radius 1 is 0.944 bits per heavy atom. The van der Waals surface area contributed by atoms with Crippen molar-refractivity contribution in [1.29, 1.82) is 0 Å². The first-order valence-corrected chi connectivity index (χ1v) is 11.6. The predicted octanol–water partition coefficient (Wildman–Crippen LogP) is 5.96. The molecule has 2 N–H and O–H groups in total. The second kappa shape index (κ2) is 9.76. The fourth-order valence-corrected chi connectivity index (χ4v) is 5.01. The summed E-state index contributed by atoms with van der Waals surface area (Å²) in [5.74, 6) is -2.04. The van der Waals surface area contributed by atoms with Crippen molar-refractivity contribution in [2.45, 2.75) is 19.9 Å². The SMILES string of the molecule is COc1c(Cl)cc(/C(O)=C2\C(=O)C(=O)N(c3cc(C)ccc3C)C2c2ccc(O)cc2)c(OC)c1Cl. The fourth-order valence-electron chi connectivity index (χ4n) is 4.32. The summed E-state index contributed by atoms with van der Waals surface area (Å²) in [5, 5.41) is 21.4. The first-order chi connectivity index (χ1) is 17.1. The van der Waals surface area contributed by atoms with Gasteiger partial charge in [0.2, 0.25) is 0 Å². The summed E-state index contributed by atoms with van der Waals surface area (Å²) < 4.78 is 10.6. The molecule has 186 valence electrons. The van der Waals surface area contributed by atoms with Crippen LogP contribution < -0.4 is 14.4 Å². The number of hydrogen-bond donors (Lipinski definition) is 2. The number of benzene rings is 3. The number of carbonyl (C=O) groups is 2. The molecular weight excluding hydrogens is 505 g/mol. The van der Waals surface area contributed by atoms with Gasteiger partial charge >= 0.3 is 0 Å². The molecule has 4 rings (SSSR count). The van der Waals surface area contributed by atoms with Gasteiger partial charge in [0.05, 0.1) is 36.4 Å². The second-order valence-electron chi connectivity index (χ2n) is 8.34. The van der Waals surface area contributed by atoms with Crippen LogP contribution in [0.1, 0.15) is 28.3 Å². The summed E-state index contributed by atoms with van der Waals surface area (Å²) in [5.41, 5.74) is 2.51. The predicted molar refractivity (Wildman–Crippen MR) is 138 cm³/mol. The molecule has 9 heteroatoms. The van der Waals surface area contributed by atoms with Crippen LogP contribution in [0.3, 0.4) is 0 Å². The highest BCUT2D eigenvalue weighted by molar-refractivity contribution is 6.52. The minimum Gasteiger partial charge on any atom is -0.508 e. The zero-order chi connectivity index (χ0) is 26.3. The number of hydrogen-bond acceptors (Lipinski definition) is 6. The Hall–Kier alpha value is -3.68. The van der Waals surface area contributed by atoms with Crippen LogP contribution in [0.4, 0.5) is 5.69 Å². The number of methoxy groups -OCH3 is 2. The van der Waals surface area contributed by atoms with Gasteiger partial charge in [-0.3, -0.25) is 14.5 Å². The molecule has 3 aromatic rings. The molecule has 0 bridgehead atoms. The van der Waals surface area contributed by atoms with Crippen molar-refractivity contribution in [3.05, 3.63) is 86.4 Å². The van der Waals surface area contributed by atoms with Crippen LogP contribution in [-0.4, -0.2) is 36.1 Å². The highest BCUT2D eigenvalue weighted by atomic mass is 35.5. The summed E-state index contributed by atoms with van der Waals surface area (Å²) in [4.78, 5) is 28.2. The molecule has 1 heterocycles. The van der Waals surface area contributed by atoms with E-state index in [2.05, 4.69) is 0 Å². The van der Waals surface area contributed by atoms with Gasteiger partial charge in [-0.2, -0.15) is 0 Å². The van der Waals surface area contributed by atoms with Crippen molar-refractivity contribution >= 4 is 46.3 Å². The number of aromatic hydroxyl groups is 1. The van der Waals surface area contributed by atoms with Gasteiger partial charge in [-0.15, -0.1) is 0 Å².